The predicted molar refractivity (Wildman–Crippen MR) is 152 cm³/mol. The first kappa shape index (κ1) is 24.6. The van der Waals surface area contributed by atoms with Crippen LogP contribution in [-0.4, -0.2) is 62.0 Å². The molecule has 37 heavy (non-hydrogen) atoms. The second kappa shape index (κ2) is 9.84. The van der Waals surface area contributed by atoms with E-state index in [4.69, 9.17) is 22.9 Å². The van der Waals surface area contributed by atoms with Gasteiger partial charge in [-0.05, 0) is 81.5 Å². The number of hydrogen-bond donors (Lipinski definition) is 1. The van der Waals surface area contributed by atoms with Gasteiger partial charge in [0.05, 0.1) is 11.0 Å². The number of piperidine rings is 2. The number of carbonyl (C=O) groups excluding carboxylic acids is 1. The van der Waals surface area contributed by atoms with Crippen LogP contribution in [0.3, 0.4) is 0 Å². The summed E-state index contributed by atoms with van der Waals surface area (Å²) in [7, 11) is 0. The smallest absolute Gasteiger partial charge is 0.281 e. The average molecular weight is 516 g/mol. The van der Waals surface area contributed by atoms with Crippen molar-refractivity contribution in [3.05, 3.63) is 66.0 Å². The maximum absolute atomic E-state index is 12.4. The van der Waals surface area contributed by atoms with Gasteiger partial charge >= 0.3 is 0 Å². The van der Waals surface area contributed by atoms with Crippen LogP contribution >= 0.6 is 12.2 Å². The van der Waals surface area contributed by atoms with Gasteiger partial charge in [-0.25, -0.2) is 4.98 Å². The standard InChI is InChI=1S/C30H37N5OS/c1-21-32-26-9-5-6-10-27(26)35(21)25-19-23-11-12-24(20-25)34(23)18-15-30(22-7-3-2-4-8-22)13-16-33(17-14-30)29(36)28(31)37/h2-10,23-25H,11-20H2,1H3,(H2,31,37). The quantitative estimate of drug-likeness (QED) is 0.497. The van der Waals surface area contributed by atoms with E-state index in [2.05, 4.69) is 71.0 Å². The Kier molecular flexibility index (Phi) is 6.53. The van der Waals surface area contributed by atoms with Crippen LogP contribution in [-0.2, 0) is 10.2 Å². The number of rotatable bonds is 5. The van der Waals surface area contributed by atoms with Crippen molar-refractivity contribution in [2.45, 2.75) is 75.4 Å². The van der Waals surface area contributed by atoms with Crippen molar-refractivity contribution in [1.82, 2.24) is 19.4 Å². The van der Waals surface area contributed by atoms with Crippen LogP contribution in [0, 0.1) is 6.92 Å². The van der Waals surface area contributed by atoms with E-state index in [1.807, 2.05) is 4.90 Å². The Morgan fingerprint density at radius 1 is 1.00 bits per heavy atom. The van der Waals surface area contributed by atoms with Gasteiger partial charge in [-0.2, -0.15) is 0 Å². The van der Waals surface area contributed by atoms with Gasteiger partial charge in [0.1, 0.15) is 5.82 Å². The third-order valence-corrected chi connectivity index (χ3v) is 9.62. The third kappa shape index (κ3) is 4.46. The molecule has 2 bridgehead atoms. The van der Waals surface area contributed by atoms with E-state index in [0.29, 0.717) is 31.2 Å². The van der Waals surface area contributed by atoms with Crippen molar-refractivity contribution in [1.29, 1.82) is 0 Å². The predicted octanol–water partition coefficient (Wildman–Crippen LogP) is 4.75. The van der Waals surface area contributed by atoms with Crippen LogP contribution in [0.25, 0.3) is 11.0 Å². The summed E-state index contributed by atoms with van der Waals surface area (Å²) in [5, 5.41) is 0. The number of nitrogens with zero attached hydrogens (tertiary/aromatic N) is 4. The molecule has 3 aliphatic rings. The van der Waals surface area contributed by atoms with Crippen molar-refractivity contribution in [3.8, 4) is 0 Å². The lowest BCUT2D eigenvalue weighted by Gasteiger charge is -2.45. The lowest BCUT2D eigenvalue weighted by atomic mass is 9.70. The maximum atomic E-state index is 12.4. The molecule has 3 aliphatic heterocycles. The van der Waals surface area contributed by atoms with Crippen molar-refractivity contribution in [3.63, 3.8) is 0 Å². The zero-order chi connectivity index (χ0) is 25.6. The van der Waals surface area contributed by atoms with E-state index in [-0.39, 0.29) is 16.3 Å². The molecule has 2 unspecified atom stereocenters. The van der Waals surface area contributed by atoms with Gasteiger partial charge in [0.15, 0.2) is 4.99 Å². The fourth-order valence-electron chi connectivity index (χ4n) is 7.56. The summed E-state index contributed by atoms with van der Waals surface area (Å²) in [6, 6.07) is 21.3. The Bertz CT molecular complexity index is 1280. The van der Waals surface area contributed by atoms with E-state index in [1.165, 1.54) is 36.8 Å². The van der Waals surface area contributed by atoms with E-state index in [9.17, 15) is 4.79 Å². The van der Waals surface area contributed by atoms with Crippen LogP contribution in [0.4, 0.5) is 0 Å². The van der Waals surface area contributed by atoms with Crippen molar-refractivity contribution in [2.75, 3.05) is 19.6 Å². The molecule has 0 spiro atoms. The maximum Gasteiger partial charge on any atom is 0.281 e. The molecule has 194 valence electrons. The molecule has 3 saturated heterocycles. The third-order valence-electron chi connectivity index (χ3n) is 9.45. The number of para-hydroxylation sites is 2. The summed E-state index contributed by atoms with van der Waals surface area (Å²) < 4.78 is 2.51. The number of carbonyl (C=O) groups is 1. The SMILES string of the molecule is Cc1nc2ccccc2n1C1CC2CCC(C1)N2CCC1(c2ccccc2)CCN(C(=O)C(N)=S)CC1. The highest BCUT2D eigenvalue weighted by Gasteiger charge is 2.44. The fraction of sp³-hybridized carbons (Fsp3) is 0.500. The fourth-order valence-corrected chi connectivity index (χ4v) is 7.69. The molecule has 1 amide bonds. The highest BCUT2D eigenvalue weighted by molar-refractivity contribution is 7.81. The summed E-state index contributed by atoms with van der Waals surface area (Å²) >= 11 is 4.97. The lowest BCUT2D eigenvalue weighted by Crippen LogP contribution is -2.50. The second-order valence-electron chi connectivity index (χ2n) is 11.3. The van der Waals surface area contributed by atoms with E-state index in [1.54, 1.807) is 0 Å². The van der Waals surface area contributed by atoms with Gasteiger partial charge in [0, 0.05) is 31.2 Å². The summed E-state index contributed by atoms with van der Waals surface area (Å²) in [6.07, 6.45) is 8.02. The van der Waals surface area contributed by atoms with E-state index >= 15 is 0 Å². The van der Waals surface area contributed by atoms with Crippen LogP contribution in [0.2, 0.25) is 0 Å². The van der Waals surface area contributed by atoms with Gasteiger partial charge in [-0.3, -0.25) is 9.69 Å². The second-order valence-corrected chi connectivity index (χ2v) is 11.8. The molecule has 7 heteroatoms. The van der Waals surface area contributed by atoms with Gasteiger partial charge in [-0.15, -0.1) is 0 Å². The number of fused-ring (bicyclic) bond motifs is 3. The van der Waals surface area contributed by atoms with Gasteiger partial charge in [0.25, 0.3) is 5.91 Å². The molecule has 2 atom stereocenters. The van der Waals surface area contributed by atoms with Gasteiger partial charge in [0.2, 0.25) is 0 Å². The minimum absolute atomic E-state index is 0.0208. The topological polar surface area (TPSA) is 67.4 Å². The summed E-state index contributed by atoms with van der Waals surface area (Å²) in [5.74, 6) is 0.958. The highest BCUT2D eigenvalue weighted by Crippen LogP contribution is 2.45. The number of thiocarbonyl (C=S) groups is 1. The van der Waals surface area contributed by atoms with E-state index in [0.717, 1.165) is 37.1 Å². The van der Waals surface area contributed by atoms with Gasteiger partial charge in [-0.1, -0.05) is 54.7 Å². The molecule has 2 aromatic carbocycles. The average Bonchev–Trinajstić information content (AvgIpc) is 3.38. The zero-order valence-corrected chi connectivity index (χ0v) is 22.5. The molecule has 3 fully saturated rings. The molecular formula is C30H37N5OS. The number of imidazole rings is 1. The molecule has 4 heterocycles. The number of nitrogens with two attached hydrogens (primary N) is 1. The number of hydrogen-bond acceptors (Lipinski definition) is 4. The molecule has 0 radical (unpaired) electrons. The molecule has 6 rings (SSSR count). The molecule has 0 saturated carbocycles. The Balaban J connectivity index is 1.18. The van der Waals surface area contributed by atoms with Crippen LogP contribution in [0.15, 0.2) is 54.6 Å². The Labute approximate surface area is 224 Å². The first-order chi connectivity index (χ1) is 17.9. The largest absolute Gasteiger partial charge is 0.385 e. The summed E-state index contributed by atoms with van der Waals surface area (Å²) in [6.45, 7) is 4.70. The molecule has 6 nitrogen and oxygen atoms in total. The minimum atomic E-state index is -0.181. The van der Waals surface area contributed by atoms with Crippen LogP contribution in [0.1, 0.15) is 62.4 Å². The number of aromatic nitrogens is 2. The number of amides is 1. The molecule has 0 aliphatic carbocycles. The number of likely N-dealkylation sites (tertiary alicyclic amines) is 1. The van der Waals surface area contributed by atoms with E-state index < -0.39 is 0 Å². The minimum Gasteiger partial charge on any atom is -0.385 e. The van der Waals surface area contributed by atoms with Crippen molar-refractivity contribution < 1.29 is 4.79 Å². The zero-order valence-electron chi connectivity index (χ0n) is 21.7. The van der Waals surface area contributed by atoms with Crippen LogP contribution < -0.4 is 5.73 Å². The number of benzene rings is 2. The molecule has 1 aromatic heterocycles. The first-order valence-corrected chi connectivity index (χ1v) is 14.2. The molecule has 2 N–H and O–H groups in total. The van der Waals surface area contributed by atoms with Crippen LogP contribution in [0.5, 0.6) is 0 Å². The lowest BCUT2D eigenvalue weighted by molar-refractivity contribution is -0.125. The first-order valence-electron chi connectivity index (χ1n) is 13.8. The van der Waals surface area contributed by atoms with Crippen molar-refractivity contribution >= 4 is 34.1 Å². The highest BCUT2D eigenvalue weighted by atomic mass is 32.1. The normalized spacial score (nSPS) is 25.4. The summed E-state index contributed by atoms with van der Waals surface area (Å²) in [5.41, 5.74) is 9.53. The Hall–Kier alpha value is -2.77. The Morgan fingerprint density at radius 2 is 1.65 bits per heavy atom. The molecular weight excluding hydrogens is 478 g/mol. The Morgan fingerprint density at radius 3 is 2.32 bits per heavy atom. The number of aryl methyl sites for hydroxylation is 1. The van der Waals surface area contributed by atoms with Gasteiger partial charge < -0.3 is 15.2 Å². The summed E-state index contributed by atoms with van der Waals surface area (Å²) in [4.78, 5) is 21.9. The van der Waals surface area contributed by atoms with Crippen molar-refractivity contribution in [2.24, 2.45) is 5.73 Å². The monoisotopic (exact) mass is 515 g/mol. The molecule has 3 aromatic rings.